The van der Waals surface area contributed by atoms with Gasteiger partial charge in [0.15, 0.2) is 18.0 Å². The maximum Gasteiger partial charge on any atom is 0.338 e. The van der Waals surface area contributed by atoms with Crippen LogP contribution in [-0.2, 0) is 21.3 Å². The zero-order valence-electron chi connectivity index (χ0n) is 18.6. The number of methoxy groups -OCH3 is 1. The summed E-state index contributed by atoms with van der Waals surface area (Å²) in [6.07, 6.45) is 1.72. The van der Waals surface area contributed by atoms with Crippen molar-refractivity contribution in [2.75, 3.05) is 33.4 Å². The molecular weight excluding hydrogens is 469 g/mol. The first kappa shape index (κ1) is 24.3. The van der Waals surface area contributed by atoms with Gasteiger partial charge in [0.25, 0.3) is 0 Å². The molecule has 0 saturated carbocycles. The molecule has 12 heteroatoms. The highest BCUT2D eigenvalue weighted by atomic mass is 35.5. The molecule has 3 heterocycles. The van der Waals surface area contributed by atoms with Crippen molar-refractivity contribution in [2.24, 2.45) is 12.0 Å². The number of nitrogens with zero attached hydrogens (tertiary/aromatic N) is 4. The molecule has 0 radical (unpaired) electrons. The van der Waals surface area contributed by atoms with Crippen molar-refractivity contribution in [1.82, 2.24) is 19.8 Å². The fourth-order valence-electron chi connectivity index (χ4n) is 4.06. The topological polar surface area (TPSA) is 121 Å². The lowest BCUT2D eigenvalue weighted by molar-refractivity contribution is -0.141. The number of rotatable bonds is 6. The molecule has 0 amide bonds. The number of ether oxygens (including phenoxy) is 2. The van der Waals surface area contributed by atoms with Gasteiger partial charge in [-0.05, 0) is 12.1 Å². The van der Waals surface area contributed by atoms with Crippen LogP contribution in [0.15, 0.2) is 46.9 Å². The number of hydrogen-bond acceptors (Lipinski definition) is 9. The van der Waals surface area contributed by atoms with Gasteiger partial charge in [-0.15, -0.1) is 0 Å². The number of aryl methyl sites for hydroxylation is 1. The highest BCUT2D eigenvalue weighted by molar-refractivity contribution is 6.31. The number of nitrogens with one attached hydrogen (secondary N) is 1. The number of amidine groups is 1. The predicted molar refractivity (Wildman–Crippen MR) is 120 cm³/mol. The summed E-state index contributed by atoms with van der Waals surface area (Å²) in [4.78, 5) is 23.8. The second-order valence-electron chi connectivity index (χ2n) is 7.94. The number of benzene rings is 1. The molecule has 0 bridgehead atoms. The van der Waals surface area contributed by atoms with Gasteiger partial charge in [0, 0.05) is 48.8 Å². The largest absolute Gasteiger partial charge is 0.466 e. The molecule has 2 atom stereocenters. The maximum absolute atomic E-state index is 13.8. The van der Waals surface area contributed by atoms with E-state index in [0.717, 1.165) is 6.07 Å². The Kier molecular flexibility index (Phi) is 7.29. The van der Waals surface area contributed by atoms with Gasteiger partial charge in [0.2, 0.25) is 0 Å². The third kappa shape index (κ3) is 4.84. The van der Waals surface area contributed by atoms with Crippen molar-refractivity contribution in [3.8, 4) is 0 Å². The normalized spacial score (nSPS) is 21.4. The van der Waals surface area contributed by atoms with Gasteiger partial charge in [0.1, 0.15) is 11.9 Å². The fraction of sp³-hybridized carbons (Fsp3) is 0.409. The molecule has 0 aliphatic carbocycles. The van der Waals surface area contributed by atoms with Crippen molar-refractivity contribution in [3.63, 3.8) is 0 Å². The van der Waals surface area contributed by atoms with E-state index in [1.807, 2.05) is 0 Å². The van der Waals surface area contributed by atoms with Gasteiger partial charge in [-0.25, -0.2) is 14.2 Å². The minimum atomic E-state index is -1.64. The number of halogens is 2. The minimum absolute atomic E-state index is 0.102. The van der Waals surface area contributed by atoms with E-state index in [1.54, 1.807) is 28.9 Å². The first-order valence-corrected chi connectivity index (χ1v) is 10.9. The average Bonchev–Trinajstić information content (AvgIpc) is 3.24. The second-order valence-corrected chi connectivity index (χ2v) is 8.35. The van der Waals surface area contributed by atoms with E-state index < -0.39 is 30.2 Å². The minimum Gasteiger partial charge on any atom is -0.466 e. The van der Waals surface area contributed by atoms with Crippen LogP contribution in [-0.4, -0.2) is 82.2 Å². The Labute approximate surface area is 200 Å². The van der Waals surface area contributed by atoms with E-state index in [2.05, 4.69) is 10.3 Å². The highest BCUT2D eigenvalue weighted by Crippen LogP contribution is 2.36. The summed E-state index contributed by atoms with van der Waals surface area (Å²) in [5.41, 5.74) is 1.01. The van der Waals surface area contributed by atoms with Crippen LogP contribution in [0.25, 0.3) is 0 Å². The molecule has 1 unspecified atom stereocenters. The fourth-order valence-corrected chi connectivity index (χ4v) is 4.33. The van der Waals surface area contributed by atoms with E-state index in [1.165, 1.54) is 19.2 Å². The Hall–Kier alpha value is -2.83. The van der Waals surface area contributed by atoms with Gasteiger partial charge < -0.3 is 29.6 Å². The molecule has 3 N–H and O–H groups in total. The second kappa shape index (κ2) is 10.2. The number of carbonyl (C=O) groups excluding carboxylic acids is 1. The number of aliphatic imine (C=N–C) groups is 1. The molecule has 2 aliphatic rings. The number of imidazole rings is 1. The quantitative estimate of drug-likeness (QED) is 0.398. The molecular formula is C22H25ClFN5O5. The van der Waals surface area contributed by atoms with Crippen LogP contribution in [0.2, 0.25) is 5.02 Å². The Balaban J connectivity index is 1.84. The average molecular weight is 494 g/mol. The van der Waals surface area contributed by atoms with Crippen molar-refractivity contribution in [1.29, 1.82) is 0 Å². The third-order valence-corrected chi connectivity index (χ3v) is 6.13. The van der Waals surface area contributed by atoms with Crippen molar-refractivity contribution in [3.05, 3.63) is 64.1 Å². The van der Waals surface area contributed by atoms with E-state index in [4.69, 9.17) is 26.1 Å². The number of esters is 1. The van der Waals surface area contributed by atoms with Gasteiger partial charge in [-0.3, -0.25) is 9.89 Å². The van der Waals surface area contributed by atoms with Crippen LogP contribution in [0.1, 0.15) is 17.4 Å². The third-order valence-electron chi connectivity index (χ3n) is 5.81. The summed E-state index contributed by atoms with van der Waals surface area (Å²) >= 11 is 6.37. The summed E-state index contributed by atoms with van der Waals surface area (Å²) in [6.45, 7) is 1.04. The zero-order chi connectivity index (χ0) is 24.4. The van der Waals surface area contributed by atoms with Crippen molar-refractivity contribution < 1.29 is 28.9 Å². The lowest BCUT2D eigenvalue weighted by Gasteiger charge is -2.38. The standard InChI is InChI=1S/C22H25ClFN5O5/c1-28-6-5-25-20(28)19-26-15(10-29-7-8-34-11-16(29)21(30)31)17(22(32)33-2)18(27-19)13-4-3-12(24)9-14(13)23/h3-6,9,16,18,21,30-31H,7-8,10-11H2,1-2H3,(H,26,27)/t16-,18?/m0/s1. The van der Waals surface area contributed by atoms with Crippen LogP contribution >= 0.6 is 11.6 Å². The predicted octanol–water partition coefficient (Wildman–Crippen LogP) is 0.742. The summed E-state index contributed by atoms with van der Waals surface area (Å²) in [5.74, 6) is -0.293. The van der Waals surface area contributed by atoms with Crippen LogP contribution < -0.4 is 5.32 Å². The SMILES string of the molecule is COC(=O)C1=C(CN2CCOC[C@H]2C(O)O)NC(c2nccn2C)=NC1c1ccc(F)cc1Cl. The van der Waals surface area contributed by atoms with E-state index in [9.17, 15) is 19.4 Å². The van der Waals surface area contributed by atoms with Gasteiger partial charge in [-0.2, -0.15) is 0 Å². The molecule has 1 aromatic carbocycles. The van der Waals surface area contributed by atoms with Crippen molar-refractivity contribution >= 4 is 23.4 Å². The Morgan fingerprint density at radius 3 is 2.88 bits per heavy atom. The lowest BCUT2D eigenvalue weighted by Crippen LogP contribution is -2.53. The Bertz CT molecular complexity index is 1130. The number of aliphatic hydroxyl groups excluding tert-OH is 1. The smallest absolute Gasteiger partial charge is 0.338 e. The van der Waals surface area contributed by atoms with Crippen LogP contribution in [0, 0.1) is 5.82 Å². The van der Waals surface area contributed by atoms with Crippen LogP contribution in [0.5, 0.6) is 0 Å². The molecule has 1 aromatic heterocycles. The van der Waals surface area contributed by atoms with Gasteiger partial charge in [0.05, 0.1) is 31.9 Å². The zero-order valence-corrected chi connectivity index (χ0v) is 19.4. The first-order chi connectivity index (χ1) is 16.3. The monoisotopic (exact) mass is 493 g/mol. The van der Waals surface area contributed by atoms with E-state index in [0.29, 0.717) is 36.1 Å². The summed E-state index contributed by atoms with van der Waals surface area (Å²) in [6, 6.07) is 2.26. The summed E-state index contributed by atoms with van der Waals surface area (Å²) in [5, 5.41) is 23.0. The van der Waals surface area contributed by atoms with E-state index >= 15 is 0 Å². The number of morpholine rings is 1. The maximum atomic E-state index is 13.8. The molecule has 1 fully saturated rings. The first-order valence-electron chi connectivity index (χ1n) is 10.6. The molecule has 34 heavy (non-hydrogen) atoms. The Morgan fingerprint density at radius 1 is 1.44 bits per heavy atom. The number of aromatic nitrogens is 2. The highest BCUT2D eigenvalue weighted by Gasteiger charge is 2.37. The van der Waals surface area contributed by atoms with Crippen molar-refractivity contribution in [2.45, 2.75) is 18.4 Å². The number of aliphatic hydroxyl groups is 2. The molecule has 10 nitrogen and oxygen atoms in total. The molecule has 1 saturated heterocycles. The van der Waals surface area contributed by atoms with Crippen LogP contribution in [0.4, 0.5) is 4.39 Å². The molecule has 2 aromatic rings. The van der Waals surface area contributed by atoms with Gasteiger partial charge in [-0.1, -0.05) is 17.7 Å². The summed E-state index contributed by atoms with van der Waals surface area (Å²) in [7, 11) is 3.05. The van der Waals surface area contributed by atoms with Crippen LogP contribution in [0.3, 0.4) is 0 Å². The number of carbonyl (C=O) groups is 1. The number of hydrogen-bond donors (Lipinski definition) is 3. The molecule has 2 aliphatic heterocycles. The van der Waals surface area contributed by atoms with Gasteiger partial charge >= 0.3 is 5.97 Å². The Morgan fingerprint density at radius 2 is 2.24 bits per heavy atom. The summed E-state index contributed by atoms with van der Waals surface area (Å²) < 4.78 is 26.0. The molecule has 182 valence electrons. The van der Waals surface area contributed by atoms with E-state index in [-0.39, 0.29) is 23.7 Å². The molecule has 0 spiro atoms. The molecule has 4 rings (SSSR count). The lowest BCUT2D eigenvalue weighted by atomic mass is 9.95.